The maximum absolute atomic E-state index is 13.2. The first-order valence-corrected chi connectivity index (χ1v) is 10.2. The van der Waals surface area contributed by atoms with Crippen molar-refractivity contribution in [1.82, 2.24) is 14.2 Å². The number of nitrogens with one attached hydrogen (secondary N) is 1. The molecule has 32 heavy (non-hydrogen) atoms. The minimum atomic E-state index is -0.253. The third kappa shape index (κ3) is 3.83. The molecule has 2 aromatic heterocycles. The second-order valence-electron chi connectivity index (χ2n) is 7.66. The van der Waals surface area contributed by atoms with Gasteiger partial charge in [0.1, 0.15) is 11.5 Å². The predicted molar refractivity (Wildman–Crippen MR) is 120 cm³/mol. The lowest BCUT2D eigenvalue weighted by Gasteiger charge is -2.02. The van der Waals surface area contributed by atoms with Gasteiger partial charge in [-0.2, -0.15) is 0 Å². The normalized spacial score (nSPS) is 11.1. The van der Waals surface area contributed by atoms with Crippen molar-refractivity contribution in [2.24, 2.45) is 0 Å². The Hall–Kier alpha value is -4.39. The van der Waals surface area contributed by atoms with Crippen molar-refractivity contribution in [3.63, 3.8) is 0 Å². The Morgan fingerprint density at radius 2 is 1.47 bits per heavy atom. The second-order valence-corrected chi connectivity index (χ2v) is 7.66. The van der Waals surface area contributed by atoms with E-state index >= 15 is 0 Å². The van der Waals surface area contributed by atoms with Gasteiger partial charge in [-0.05, 0) is 47.5 Å². The molecule has 0 amide bonds. The van der Waals surface area contributed by atoms with Gasteiger partial charge in [-0.3, -0.25) is 0 Å². The quantitative estimate of drug-likeness (QED) is 0.453. The summed E-state index contributed by atoms with van der Waals surface area (Å²) in [6.07, 6.45) is 2.31. The lowest BCUT2D eigenvalue weighted by Crippen LogP contribution is -2.24. The van der Waals surface area contributed by atoms with Gasteiger partial charge in [0, 0.05) is 5.56 Å². The molecule has 7 heteroatoms. The Kier molecular flexibility index (Phi) is 4.91. The number of phenols is 2. The molecule has 2 heterocycles. The van der Waals surface area contributed by atoms with Crippen LogP contribution in [0.2, 0.25) is 0 Å². The molecule has 0 atom stereocenters. The van der Waals surface area contributed by atoms with Gasteiger partial charge < -0.3 is 10.2 Å². The maximum Gasteiger partial charge on any atom is 0.351 e. The number of fused-ring (bicyclic) bond motifs is 1. The van der Waals surface area contributed by atoms with Gasteiger partial charge in [0.05, 0.1) is 19.2 Å². The van der Waals surface area contributed by atoms with E-state index in [0.29, 0.717) is 18.6 Å². The summed E-state index contributed by atoms with van der Waals surface area (Å²) in [6, 6.07) is 23.5. The van der Waals surface area contributed by atoms with Crippen molar-refractivity contribution < 1.29 is 15.2 Å². The van der Waals surface area contributed by atoms with Crippen LogP contribution in [0.3, 0.4) is 0 Å². The highest BCUT2D eigenvalue weighted by Gasteiger charge is 2.20. The molecule has 0 saturated carbocycles. The van der Waals surface area contributed by atoms with Crippen LogP contribution in [0.1, 0.15) is 16.8 Å². The minimum absolute atomic E-state index is 0.175. The predicted octanol–water partition coefficient (Wildman–Crippen LogP) is 3.03. The third-order valence-electron chi connectivity index (χ3n) is 5.35. The number of nitrogens with zero attached hydrogens (tertiary/aromatic N) is 3. The number of H-pyrrole nitrogens is 1. The molecular weight excluding hydrogens is 404 g/mol. The van der Waals surface area contributed by atoms with Crippen LogP contribution in [-0.2, 0) is 13.0 Å². The molecule has 3 aromatic carbocycles. The Labute approximate surface area is 183 Å². The summed E-state index contributed by atoms with van der Waals surface area (Å²) in [4.78, 5) is 16.6. The van der Waals surface area contributed by atoms with Crippen molar-refractivity contribution in [3.8, 4) is 22.8 Å². The number of aromatic amines is 1. The summed E-state index contributed by atoms with van der Waals surface area (Å²) in [6.45, 7) is 0.292. The van der Waals surface area contributed by atoms with Gasteiger partial charge in [-0.25, -0.2) is 18.9 Å². The van der Waals surface area contributed by atoms with Crippen LogP contribution in [0, 0.1) is 0 Å². The fraction of sp³-hybridized carbons (Fsp3) is 0.0800. The molecule has 3 N–H and O–H groups in total. The summed E-state index contributed by atoms with van der Waals surface area (Å²) in [5.74, 6) is 0.354. The number of benzene rings is 3. The van der Waals surface area contributed by atoms with E-state index in [2.05, 4.69) is 10.1 Å². The summed E-state index contributed by atoms with van der Waals surface area (Å²) in [5, 5.41) is 23.8. The Morgan fingerprint density at radius 3 is 2.16 bits per heavy atom. The highest BCUT2D eigenvalue weighted by atomic mass is 16.3. The molecule has 0 bridgehead atoms. The van der Waals surface area contributed by atoms with E-state index in [9.17, 15) is 15.0 Å². The minimum Gasteiger partial charge on any atom is -0.508 e. The van der Waals surface area contributed by atoms with Gasteiger partial charge in [-0.15, -0.1) is 5.10 Å². The number of hydrogen-bond donors (Lipinski definition) is 2. The van der Waals surface area contributed by atoms with E-state index in [1.165, 1.54) is 4.68 Å². The molecule has 5 aromatic rings. The van der Waals surface area contributed by atoms with E-state index in [1.807, 2.05) is 30.3 Å². The Bertz CT molecular complexity index is 1440. The van der Waals surface area contributed by atoms with Gasteiger partial charge in [0.25, 0.3) is 0 Å². The number of hydrogen-bond acceptors (Lipinski definition) is 4. The Balaban J connectivity index is 1.64. The summed E-state index contributed by atoms with van der Waals surface area (Å²) < 4.78 is 2.97. The average Bonchev–Trinajstić information content (AvgIpc) is 3.12. The number of aromatic nitrogens is 4. The van der Waals surface area contributed by atoms with Crippen LogP contribution in [0.15, 0.2) is 89.9 Å². The monoisotopic (exact) mass is 425 g/mol. The van der Waals surface area contributed by atoms with Crippen LogP contribution < -0.4 is 10.7 Å². The first-order chi connectivity index (χ1) is 15.6. The highest BCUT2D eigenvalue weighted by molar-refractivity contribution is 5.58. The highest BCUT2D eigenvalue weighted by Crippen LogP contribution is 2.20. The first-order valence-electron chi connectivity index (χ1n) is 10.2. The van der Waals surface area contributed by atoms with Crippen LogP contribution >= 0.6 is 0 Å². The molecule has 5 rings (SSSR count). The zero-order valence-electron chi connectivity index (χ0n) is 17.1. The van der Waals surface area contributed by atoms with E-state index in [1.54, 1.807) is 59.1 Å². The van der Waals surface area contributed by atoms with E-state index in [4.69, 9.17) is 0 Å². The largest absolute Gasteiger partial charge is 0.508 e. The lowest BCUT2D eigenvalue weighted by atomic mass is 10.1. The van der Waals surface area contributed by atoms with Crippen molar-refractivity contribution in [1.29, 1.82) is 0 Å². The molecule has 0 aliphatic rings. The Morgan fingerprint density at radius 1 is 0.812 bits per heavy atom. The molecule has 7 nitrogen and oxygen atoms in total. The fourth-order valence-electron chi connectivity index (χ4n) is 3.71. The molecule has 0 radical (unpaired) electrons. The van der Waals surface area contributed by atoms with Crippen LogP contribution in [-0.4, -0.2) is 24.4 Å². The van der Waals surface area contributed by atoms with Crippen LogP contribution in [0.5, 0.6) is 11.5 Å². The van der Waals surface area contributed by atoms with Crippen molar-refractivity contribution >= 4 is 5.65 Å². The molecule has 0 aliphatic heterocycles. The lowest BCUT2D eigenvalue weighted by molar-refractivity contribution is -0.375. The third-order valence-corrected chi connectivity index (χ3v) is 5.35. The summed E-state index contributed by atoms with van der Waals surface area (Å²) in [5.41, 5.74) is 4.65. The smallest absolute Gasteiger partial charge is 0.351 e. The topological polar surface area (TPSA) is 93.9 Å². The zero-order valence-corrected chi connectivity index (χ0v) is 17.1. The first kappa shape index (κ1) is 19.6. The molecule has 0 spiro atoms. The zero-order chi connectivity index (χ0) is 22.1. The van der Waals surface area contributed by atoms with Crippen LogP contribution in [0.25, 0.3) is 16.9 Å². The molecular formula is C25H21N4O3+. The maximum atomic E-state index is 13.2. The molecule has 0 fully saturated rings. The second kappa shape index (κ2) is 8.03. The van der Waals surface area contributed by atoms with Crippen molar-refractivity contribution in [2.45, 2.75) is 13.0 Å². The van der Waals surface area contributed by atoms with Crippen molar-refractivity contribution in [2.75, 3.05) is 0 Å². The van der Waals surface area contributed by atoms with Gasteiger partial charge in [0.15, 0.2) is 0 Å². The summed E-state index contributed by atoms with van der Waals surface area (Å²) in [7, 11) is 0. The SMILES string of the molecule is O=c1n(Cc2ccc(O)cc2)nc2c(Cc3ccccc3)[nH+]c(-c3ccc(O)cc3)cn12. The van der Waals surface area contributed by atoms with Gasteiger partial charge in [0.2, 0.25) is 17.0 Å². The number of phenolic OH excluding ortho intramolecular Hbond substituents is 2. The van der Waals surface area contributed by atoms with Gasteiger partial charge >= 0.3 is 5.69 Å². The fourth-order valence-corrected chi connectivity index (χ4v) is 3.71. The molecule has 158 valence electrons. The molecule has 0 unspecified atom stereocenters. The van der Waals surface area contributed by atoms with Crippen molar-refractivity contribution in [3.05, 3.63) is 112 Å². The van der Waals surface area contributed by atoms with E-state index in [-0.39, 0.29) is 17.2 Å². The number of rotatable bonds is 5. The van der Waals surface area contributed by atoms with E-state index < -0.39 is 0 Å². The average molecular weight is 425 g/mol. The molecule has 0 aliphatic carbocycles. The summed E-state index contributed by atoms with van der Waals surface area (Å²) >= 11 is 0. The number of aromatic hydroxyl groups is 2. The molecule has 0 saturated heterocycles. The standard InChI is InChI=1S/C25H20N4O3/c30-20-10-6-18(7-11-20)15-29-25(32)28-16-23(19-8-12-21(31)13-9-19)26-22(24(28)27-29)14-17-4-2-1-3-5-17/h1-13,16,30-31H,14-15H2/p+1. The van der Waals surface area contributed by atoms with E-state index in [0.717, 1.165) is 28.1 Å². The van der Waals surface area contributed by atoms with Gasteiger partial charge in [-0.1, -0.05) is 42.5 Å². The van der Waals surface area contributed by atoms with Crippen LogP contribution in [0.4, 0.5) is 0 Å².